The maximum absolute atomic E-state index is 5.85. The van der Waals surface area contributed by atoms with E-state index in [1.807, 2.05) is 6.07 Å². The normalized spacial score (nSPS) is 18.2. The zero-order valence-electron chi connectivity index (χ0n) is 10.1. The van der Waals surface area contributed by atoms with Gasteiger partial charge in [0, 0.05) is 18.3 Å². The molecule has 94 valence electrons. The van der Waals surface area contributed by atoms with E-state index >= 15 is 0 Å². The van der Waals surface area contributed by atoms with E-state index in [2.05, 4.69) is 22.2 Å². The molecule has 1 aromatic rings. The highest BCUT2D eigenvalue weighted by molar-refractivity contribution is 6.29. The minimum Gasteiger partial charge on any atom is -0.399 e. The van der Waals surface area contributed by atoms with E-state index < -0.39 is 0 Å². The fraction of sp³-hybridized carbons (Fsp3) is 0.583. The number of piperidine rings is 1. The lowest BCUT2D eigenvalue weighted by atomic mass is 9.97. The van der Waals surface area contributed by atoms with Crippen molar-refractivity contribution in [2.45, 2.75) is 12.8 Å². The van der Waals surface area contributed by atoms with E-state index in [-0.39, 0.29) is 0 Å². The Kier molecular flexibility index (Phi) is 4.07. The minimum absolute atomic E-state index is 0.441. The first-order valence-corrected chi connectivity index (χ1v) is 6.37. The summed E-state index contributed by atoms with van der Waals surface area (Å²) in [6.45, 7) is 3.30. The molecule has 0 saturated carbocycles. The van der Waals surface area contributed by atoms with Crippen molar-refractivity contribution in [1.29, 1.82) is 0 Å². The molecule has 1 aliphatic rings. The van der Waals surface area contributed by atoms with Crippen molar-refractivity contribution in [1.82, 2.24) is 9.88 Å². The van der Waals surface area contributed by atoms with Gasteiger partial charge in [0.2, 0.25) is 0 Å². The highest BCUT2D eigenvalue weighted by Gasteiger charge is 2.16. The second-order valence-electron chi connectivity index (χ2n) is 4.74. The van der Waals surface area contributed by atoms with Crippen LogP contribution in [0.5, 0.6) is 0 Å². The molecule has 1 aliphatic heterocycles. The van der Waals surface area contributed by atoms with Crippen molar-refractivity contribution < 1.29 is 0 Å². The molecular formula is C12H19ClN4. The standard InChI is InChI=1S/C12H19ClN4/c1-17-4-2-9(3-5-17)8-15-12-7-10(14)6-11(13)16-12/h6-7,9H,2-5,8H2,1H3,(H3,14,15,16). The van der Waals surface area contributed by atoms with Crippen LogP contribution < -0.4 is 11.1 Å². The third-order valence-electron chi connectivity index (χ3n) is 3.23. The highest BCUT2D eigenvalue weighted by atomic mass is 35.5. The molecule has 4 nitrogen and oxygen atoms in total. The average Bonchev–Trinajstić information content (AvgIpc) is 2.27. The number of pyridine rings is 1. The summed E-state index contributed by atoms with van der Waals surface area (Å²) in [6.07, 6.45) is 2.47. The zero-order chi connectivity index (χ0) is 12.3. The van der Waals surface area contributed by atoms with E-state index in [0.29, 0.717) is 16.8 Å². The number of nitrogens with zero attached hydrogens (tertiary/aromatic N) is 2. The fourth-order valence-corrected chi connectivity index (χ4v) is 2.34. The molecule has 1 saturated heterocycles. The lowest BCUT2D eigenvalue weighted by molar-refractivity contribution is 0.226. The molecule has 0 aromatic carbocycles. The van der Waals surface area contributed by atoms with Gasteiger partial charge in [-0.05, 0) is 45.0 Å². The van der Waals surface area contributed by atoms with Crippen LogP contribution in [0.15, 0.2) is 12.1 Å². The molecule has 5 heteroatoms. The summed E-state index contributed by atoms with van der Waals surface area (Å²) in [5.41, 5.74) is 6.36. The number of hydrogen-bond acceptors (Lipinski definition) is 4. The molecule has 0 radical (unpaired) electrons. The van der Waals surface area contributed by atoms with E-state index in [4.69, 9.17) is 17.3 Å². The van der Waals surface area contributed by atoms with Crippen LogP contribution >= 0.6 is 11.6 Å². The Morgan fingerprint density at radius 3 is 2.82 bits per heavy atom. The van der Waals surface area contributed by atoms with Crippen LogP contribution in [0.3, 0.4) is 0 Å². The maximum Gasteiger partial charge on any atom is 0.133 e. The number of hydrogen-bond donors (Lipinski definition) is 2. The summed E-state index contributed by atoms with van der Waals surface area (Å²) in [7, 11) is 2.17. The van der Waals surface area contributed by atoms with Gasteiger partial charge in [-0.25, -0.2) is 4.98 Å². The van der Waals surface area contributed by atoms with Crippen LogP contribution in [0.25, 0.3) is 0 Å². The van der Waals surface area contributed by atoms with Gasteiger partial charge in [-0.3, -0.25) is 0 Å². The van der Waals surface area contributed by atoms with Crippen molar-refractivity contribution in [3.8, 4) is 0 Å². The van der Waals surface area contributed by atoms with E-state index in [0.717, 1.165) is 12.4 Å². The van der Waals surface area contributed by atoms with Gasteiger partial charge in [0.1, 0.15) is 11.0 Å². The lowest BCUT2D eigenvalue weighted by Gasteiger charge is -2.29. The molecule has 0 spiro atoms. The van der Waals surface area contributed by atoms with Gasteiger partial charge in [-0.15, -0.1) is 0 Å². The smallest absolute Gasteiger partial charge is 0.133 e. The maximum atomic E-state index is 5.85. The Bertz CT molecular complexity index is 355. The topological polar surface area (TPSA) is 54.2 Å². The zero-order valence-corrected chi connectivity index (χ0v) is 10.9. The predicted octanol–water partition coefficient (Wildman–Crippen LogP) is 2.07. The molecule has 1 fully saturated rings. The molecule has 0 bridgehead atoms. The molecule has 3 N–H and O–H groups in total. The monoisotopic (exact) mass is 254 g/mol. The van der Waals surface area contributed by atoms with Gasteiger partial charge in [-0.1, -0.05) is 11.6 Å². The fourth-order valence-electron chi connectivity index (χ4n) is 2.12. The Morgan fingerprint density at radius 2 is 2.18 bits per heavy atom. The third kappa shape index (κ3) is 3.75. The second-order valence-corrected chi connectivity index (χ2v) is 5.12. The Hall–Kier alpha value is -1.00. The first kappa shape index (κ1) is 12.5. The van der Waals surface area contributed by atoms with Crippen molar-refractivity contribution in [3.63, 3.8) is 0 Å². The Labute approximate surface area is 107 Å². The molecule has 2 rings (SSSR count). The number of nitrogens with one attached hydrogen (secondary N) is 1. The number of aromatic nitrogens is 1. The van der Waals surface area contributed by atoms with Crippen molar-refractivity contribution in [2.75, 3.05) is 37.7 Å². The number of halogens is 1. The van der Waals surface area contributed by atoms with Gasteiger partial charge >= 0.3 is 0 Å². The quantitative estimate of drug-likeness (QED) is 0.811. The van der Waals surface area contributed by atoms with Gasteiger partial charge in [0.25, 0.3) is 0 Å². The molecule has 2 heterocycles. The molecule has 17 heavy (non-hydrogen) atoms. The summed E-state index contributed by atoms with van der Waals surface area (Å²) < 4.78 is 0. The van der Waals surface area contributed by atoms with Crippen LogP contribution in [-0.2, 0) is 0 Å². The SMILES string of the molecule is CN1CCC(CNc2cc(N)cc(Cl)n2)CC1. The first-order chi connectivity index (χ1) is 8.13. The van der Waals surface area contributed by atoms with Gasteiger partial charge in [0.15, 0.2) is 0 Å². The molecule has 1 aromatic heterocycles. The molecule has 0 aliphatic carbocycles. The van der Waals surface area contributed by atoms with Crippen molar-refractivity contribution in [2.24, 2.45) is 5.92 Å². The van der Waals surface area contributed by atoms with Crippen LogP contribution in [0.2, 0.25) is 5.15 Å². The Morgan fingerprint density at radius 1 is 1.47 bits per heavy atom. The molecule has 0 unspecified atom stereocenters. The third-order valence-corrected chi connectivity index (χ3v) is 3.42. The van der Waals surface area contributed by atoms with Gasteiger partial charge < -0.3 is 16.0 Å². The largest absolute Gasteiger partial charge is 0.399 e. The summed E-state index contributed by atoms with van der Waals surface area (Å²) in [6, 6.07) is 3.48. The first-order valence-electron chi connectivity index (χ1n) is 5.99. The predicted molar refractivity (Wildman–Crippen MR) is 72.4 cm³/mol. The number of rotatable bonds is 3. The summed E-state index contributed by atoms with van der Waals surface area (Å²) >= 11 is 5.85. The average molecular weight is 255 g/mol. The Balaban J connectivity index is 1.85. The second kappa shape index (κ2) is 5.56. The van der Waals surface area contributed by atoms with Gasteiger partial charge in [0.05, 0.1) is 0 Å². The van der Waals surface area contributed by atoms with Crippen LogP contribution in [-0.4, -0.2) is 36.6 Å². The van der Waals surface area contributed by atoms with E-state index in [9.17, 15) is 0 Å². The van der Waals surface area contributed by atoms with Crippen LogP contribution in [0.4, 0.5) is 11.5 Å². The van der Waals surface area contributed by atoms with Crippen molar-refractivity contribution in [3.05, 3.63) is 17.3 Å². The highest BCUT2D eigenvalue weighted by Crippen LogP contribution is 2.19. The van der Waals surface area contributed by atoms with Gasteiger partial charge in [-0.2, -0.15) is 0 Å². The van der Waals surface area contributed by atoms with Crippen molar-refractivity contribution >= 4 is 23.1 Å². The van der Waals surface area contributed by atoms with Crippen LogP contribution in [0.1, 0.15) is 12.8 Å². The number of nitrogen functional groups attached to an aromatic ring is 1. The molecule has 0 atom stereocenters. The summed E-state index contributed by atoms with van der Waals surface area (Å²) in [5, 5.41) is 3.76. The minimum atomic E-state index is 0.441. The molecule has 0 amide bonds. The van der Waals surface area contributed by atoms with E-state index in [1.54, 1.807) is 6.07 Å². The summed E-state index contributed by atoms with van der Waals surface area (Å²) in [5.74, 6) is 1.49. The number of anilines is 2. The number of nitrogens with two attached hydrogens (primary N) is 1. The summed E-state index contributed by atoms with van der Waals surface area (Å²) in [4.78, 5) is 6.56. The van der Waals surface area contributed by atoms with E-state index in [1.165, 1.54) is 25.9 Å². The lowest BCUT2D eigenvalue weighted by Crippen LogP contribution is -2.33. The molecular weight excluding hydrogens is 236 g/mol. The van der Waals surface area contributed by atoms with Crippen LogP contribution in [0, 0.1) is 5.92 Å². The number of likely N-dealkylation sites (tertiary alicyclic amines) is 1.